The van der Waals surface area contributed by atoms with Crippen molar-refractivity contribution in [3.8, 4) is 5.75 Å². The maximum atomic E-state index is 13.4. The number of rotatable bonds is 3. The Morgan fingerprint density at radius 2 is 2.00 bits per heavy atom. The third-order valence-electron chi connectivity index (χ3n) is 2.87. The van der Waals surface area contributed by atoms with E-state index in [4.69, 9.17) is 0 Å². The van der Waals surface area contributed by atoms with Gasteiger partial charge in [0.25, 0.3) is 5.91 Å². The van der Waals surface area contributed by atoms with Crippen molar-refractivity contribution in [2.45, 2.75) is 13.5 Å². The summed E-state index contributed by atoms with van der Waals surface area (Å²) in [5.41, 5.74) is 1.47. The van der Waals surface area contributed by atoms with Crippen LogP contribution in [0.4, 0.5) is 4.39 Å². The normalized spacial score (nSPS) is 10.2. The number of phenolic OH excluding ortho intramolecular Hbond substituents is 1. The lowest BCUT2D eigenvalue weighted by molar-refractivity contribution is 0.0950. The van der Waals surface area contributed by atoms with Gasteiger partial charge in [0.2, 0.25) is 0 Å². The van der Waals surface area contributed by atoms with Gasteiger partial charge in [-0.2, -0.15) is 0 Å². The average Bonchev–Trinajstić information content (AvgIpc) is 2.40. The summed E-state index contributed by atoms with van der Waals surface area (Å²) >= 11 is 0. The van der Waals surface area contributed by atoms with E-state index in [1.54, 1.807) is 37.3 Å². The molecule has 0 saturated heterocycles. The molecular formula is C15H14FNO2. The molecule has 0 aliphatic carbocycles. The van der Waals surface area contributed by atoms with Crippen molar-refractivity contribution in [1.82, 2.24) is 5.32 Å². The van der Waals surface area contributed by atoms with Gasteiger partial charge >= 0.3 is 0 Å². The van der Waals surface area contributed by atoms with E-state index in [1.807, 2.05) is 0 Å². The van der Waals surface area contributed by atoms with Gasteiger partial charge in [-0.15, -0.1) is 0 Å². The number of carbonyl (C=O) groups excluding carboxylic acids is 1. The van der Waals surface area contributed by atoms with E-state index in [9.17, 15) is 14.3 Å². The van der Waals surface area contributed by atoms with Gasteiger partial charge in [0.05, 0.1) is 0 Å². The van der Waals surface area contributed by atoms with Gasteiger partial charge in [0.1, 0.15) is 11.6 Å². The fourth-order valence-electron chi connectivity index (χ4n) is 1.67. The molecule has 0 saturated carbocycles. The first-order chi connectivity index (χ1) is 9.08. The summed E-state index contributed by atoms with van der Waals surface area (Å²) in [4.78, 5) is 11.8. The highest BCUT2D eigenvalue weighted by Crippen LogP contribution is 2.17. The van der Waals surface area contributed by atoms with Crippen molar-refractivity contribution >= 4 is 5.91 Å². The van der Waals surface area contributed by atoms with Crippen molar-refractivity contribution < 1.29 is 14.3 Å². The lowest BCUT2D eigenvalue weighted by atomic mass is 10.1. The van der Waals surface area contributed by atoms with Crippen LogP contribution in [0.3, 0.4) is 0 Å². The standard InChI is InChI=1S/C15H14FNO2/c1-10-6-7-11(8-14(10)18)15(19)17-9-12-4-2-3-5-13(12)16/h2-8,18H,9H2,1H3,(H,17,19). The molecular weight excluding hydrogens is 245 g/mol. The molecule has 2 aromatic carbocycles. The Kier molecular flexibility index (Phi) is 3.80. The Morgan fingerprint density at radius 3 is 2.68 bits per heavy atom. The summed E-state index contributed by atoms with van der Waals surface area (Å²) in [5.74, 6) is -0.633. The molecule has 0 unspecified atom stereocenters. The lowest BCUT2D eigenvalue weighted by Gasteiger charge is -2.07. The number of hydrogen-bond acceptors (Lipinski definition) is 2. The smallest absolute Gasteiger partial charge is 0.251 e. The molecule has 0 fully saturated rings. The van der Waals surface area contributed by atoms with Crippen LogP contribution in [0, 0.1) is 12.7 Å². The molecule has 1 amide bonds. The summed E-state index contributed by atoms with van der Waals surface area (Å²) in [5, 5.41) is 12.2. The number of aryl methyl sites for hydroxylation is 1. The van der Waals surface area contributed by atoms with Crippen molar-refractivity contribution in [2.24, 2.45) is 0 Å². The number of aromatic hydroxyl groups is 1. The minimum absolute atomic E-state index is 0.0681. The molecule has 0 aromatic heterocycles. The highest BCUT2D eigenvalue weighted by atomic mass is 19.1. The molecule has 0 spiro atoms. The van der Waals surface area contributed by atoms with E-state index in [0.29, 0.717) is 16.7 Å². The van der Waals surface area contributed by atoms with Gasteiger partial charge in [0.15, 0.2) is 0 Å². The van der Waals surface area contributed by atoms with Crippen LogP contribution in [0.2, 0.25) is 0 Å². The third kappa shape index (κ3) is 3.10. The summed E-state index contributed by atoms with van der Waals surface area (Å²) in [6, 6.07) is 10.9. The number of phenols is 1. The number of halogens is 1. The fourth-order valence-corrected chi connectivity index (χ4v) is 1.67. The summed E-state index contributed by atoms with van der Waals surface area (Å²) in [6.45, 7) is 1.86. The van der Waals surface area contributed by atoms with E-state index in [1.165, 1.54) is 12.1 Å². The van der Waals surface area contributed by atoms with Crippen LogP contribution in [0.5, 0.6) is 5.75 Å². The number of benzene rings is 2. The highest BCUT2D eigenvalue weighted by Gasteiger charge is 2.08. The summed E-state index contributed by atoms with van der Waals surface area (Å²) in [7, 11) is 0. The Hall–Kier alpha value is -2.36. The zero-order valence-corrected chi connectivity index (χ0v) is 10.5. The SMILES string of the molecule is Cc1ccc(C(=O)NCc2ccccc2F)cc1O. The van der Waals surface area contributed by atoms with Crippen molar-refractivity contribution in [3.05, 3.63) is 65.0 Å². The molecule has 4 heteroatoms. The van der Waals surface area contributed by atoms with Gasteiger partial charge in [-0.1, -0.05) is 24.3 Å². The zero-order chi connectivity index (χ0) is 13.8. The van der Waals surface area contributed by atoms with Gasteiger partial charge in [-0.25, -0.2) is 4.39 Å². The molecule has 0 radical (unpaired) electrons. The van der Waals surface area contributed by atoms with Crippen LogP contribution in [-0.2, 0) is 6.54 Å². The quantitative estimate of drug-likeness (QED) is 0.890. The largest absolute Gasteiger partial charge is 0.508 e. The van der Waals surface area contributed by atoms with Gasteiger partial charge < -0.3 is 10.4 Å². The maximum Gasteiger partial charge on any atom is 0.251 e. The highest BCUT2D eigenvalue weighted by molar-refractivity contribution is 5.94. The first kappa shape index (κ1) is 13.1. The van der Waals surface area contributed by atoms with Crippen LogP contribution >= 0.6 is 0 Å². The third-order valence-corrected chi connectivity index (χ3v) is 2.87. The molecule has 0 bridgehead atoms. The van der Waals surface area contributed by atoms with Crippen LogP contribution in [-0.4, -0.2) is 11.0 Å². The van der Waals surface area contributed by atoms with Crippen LogP contribution in [0.1, 0.15) is 21.5 Å². The molecule has 2 aromatic rings. The lowest BCUT2D eigenvalue weighted by Crippen LogP contribution is -2.23. The summed E-state index contributed by atoms with van der Waals surface area (Å²) in [6.07, 6.45) is 0. The van der Waals surface area contributed by atoms with Gasteiger partial charge in [-0.3, -0.25) is 4.79 Å². The number of nitrogens with one attached hydrogen (secondary N) is 1. The van der Waals surface area contributed by atoms with Gasteiger partial charge in [-0.05, 0) is 30.7 Å². The molecule has 98 valence electrons. The predicted molar refractivity (Wildman–Crippen MR) is 70.4 cm³/mol. The second-order valence-electron chi connectivity index (χ2n) is 4.28. The molecule has 0 aliphatic rings. The van der Waals surface area contributed by atoms with Crippen molar-refractivity contribution in [2.75, 3.05) is 0 Å². The van der Waals surface area contributed by atoms with E-state index >= 15 is 0 Å². The second-order valence-corrected chi connectivity index (χ2v) is 4.28. The van der Waals surface area contributed by atoms with E-state index in [2.05, 4.69) is 5.32 Å². The summed E-state index contributed by atoms with van der Waals surface area (Å²) < 4.78 is 13.4. The maximum absolute atomic E-state index is 13.4. The topological polar surface area (TPSA) is 49.3 Å². The number of hydrogen-bond donors (Lipinski definition) is 2. The Balaban J connectivity index is 2.05. The van der Waals surface area contributed by atoms with E-state index in [0.717, 1.165) is 0 Å². The first-order valence-corrected chi connectivity index (χ1v) is 5.89. The molecule has 0 atom stereocenters. The van der Waals surface area contributed by atoms with Crippen molar-refractivity contribution in [3.63, 3.8) is 0 Å². The van der Waals surface area contributed by atoms with E-state index < -0.39 is 0 Å². The zero-order valence-electron chi connectivity index (χ0n) is 10.5. The first-order valence-electron chi connectivity index (χ1n) is 5.89. The molecule has 3 nitrogen and oxygen atoms in total. The second kappa shape index (κ2) is 5.52. The van der Waals surface area contributed by atoms with Gasteiger partial charge in [0, 0.05) is 17.7 Å². The molecule has 0 aliphatic heterocycles. The number of amides is 1. The fraction of sp³-hybridized carbons (Fsp3) is 0.133. The molecule has 2 N–H and O–H groups in total. The van der Waals surface area contributed by atoms with E-state index in [-0.39, 0.29) is 24.0 Å². The van der Waals surface area contributed by atoms with Crippen molar-refractivity contribution in [1.29, 1.82) is 0 Å². The molecule has 2 rings (SSSR count). The van der Waals surface area contributed by atoms with Crippen LogP contribution < -0.4 is 5.32 Å². The average molecular weight is 259 g/mol. The van der Waals surface area contributed by atoms with Crippen LogP contribution in [0.25, 0.3) is 0 Å². The molecule has 0 heterocycles. The predicted octanol–water partition coefficient (Wildman–Crippen LogP) is 2.77. The minimum Gasteiger partial charge on any atom is -0.508 e. The molecule has 19 heavy (non-hydrogen) atoms. The Morgan fingerprint density at radius 1 is 1.26 bits per heavy atom. The Bertz CT molecular complexity index is 611. The minimum atomic E-state index is -0.352. The Labute approximate surface area is 110 Å². The number of carbonyl (C=O) groups is 1. The monoisotopic (exact) mass is 259 g/mol. The van der Waals surface area contributed by atoms with Crippen LogP contribution in [0.15, 0.2) is 42.5 Å².